The maximum Gasteiger partial charge on any atom is 0.228 e. The second-order valence-corrected chi connectivity index (χ2v) is 4.22. The molecular weight excluding hydrogens is 212 g/mol. The lowest BCUT2D eigenvalue weighted by molar-refractivity contribution is -0.119. The number of benzene rings is 1. The Labute approximate surface area is 103 Å². The van der Waals surface area contributed by atoms with Crippen molar-refractivity contribution in [3.05, 3.63) is 29.8 Å². The molecule has 0 saturated carbocycles. The molecule has 1 aromatic rings. The van der Waals surface area contributed by atoms with E-state index in [1.54, 1.807) is 0 Å². The SMILES string of the molecule is CCCC(CN)C(=O)Nc1ccccc1CC. The van der Waals surface area contributed by atoms with Crippen molar-refractivity contribution in [1.82, 2.24) is 0 Å². The van der Waals surface area contributed by atoms with E-state index in [1.807, 2.05) is 24.3 Å². The van der Waals surface area contributed by atoms with Gasteiger partial charge < -0.3 is 11.1 Å². The molecular formula is C14H22N2O. The second kappa shape index (κ2) is 7.07. The number of rotatable bonds is 6. The molecule has 0 spiro atoms. The van der Waals surface area contributed by atoms with Gasteiger partial charge in [0, 0.05) is 12.2 Å². The van der Waals surface area contributed by atoms with Crippen molar-refractivity contribution >= 4 is 11.6 Å². The summed E-state index contributed by atoms with van der Waals surface area (Å²) < 4.78 is 0. The number of carbonyl (C=O) groups is 1. The van der Waals surface area contributed by atoms with Gasteiger partial charge in [-0.05, 0) is 24.5 Å². The summed E-state index contributed by atoms with van der Waals surface area (Å²) in [6, 6.07) is 7.90. The Morgan fingerprint density at radius 2 is 2.06 bits per heavy atom. The molecule has 1 amide bonds. The van der Waals surface area contributed by atoms with Gasteiger partial charge in [0.25, 0.3) is 0 Å². The summed E-state index contributed by atoms with van der Waals surface area (Å²) in [7, 11) is 0. The van der Waals surface area contributed by atoms with E-state index in [2.05, 4.69) is 19.2 Å². The zero-order valence-corrected chi connectivity index (χ0v) is 10.7. The van der Waals surface area contributed by atoms with Crippen LogP contribution in [0.3, 0.4) is 0 Å². The maximum absolute atomic E-state index is 12.0. The van der Waals surface area contributed by atoms with E-state index in [4.69, 9.17) is 5.73 Å². The number of hydrogen-bond donors (Lipinski definition) is 2. The Bertz CT molecular complexity index is 363. The number of amides is 1. The molecule has 1 aromatic carbocycles. The van der Waals surface area contributed by atoms with Crippen molar-refractivity contribution in [3.8, 4) is 0 Å². The van der Waals surface area contributed by atoms with E-state index < -0.39 is 0 Å². The lowest BCUT2D eigenvalue weighted by atomic mass is 10.0. The number of aryl methyl sites for hydroxylation is 1. The molecule has 0 saturated heterocycles. The molecule has 1 unspecified atom stereocenters. The predicted molar refractivity (Wildman–Crippen MR) is 71.9 cm³/mol. The Morgan fingerprint density at radius 3 is 2.65 bits per heavy atom. The summed E-state index contributed by atoms with van der Waals surface area (Å²) in [4.78, 5) is 12.0. The van der Waals surface area contributed by atoms with Crippen molar-refractivity contribution in [2.45, 2.75) is 33.1 Å². The number of nitrogens with two attached hydrogens (primary N) is 1. The first-order valence-electron chi connectivity index (χ1n) is 6.31. The van der Waals surface area contributed by atoms with E-state index in [1.165, 1.54) is 0 Å². The Hall–Kier alpha value is -1.35. The number of nitrogens with one attached hydrogen (secondary N) is 1. The molecule has 0 aliphatic carbocycles. The number of para-hydroxylation sites is 1. The van der Waals surface area contributed by atoms with Gasteiger partial charge in [-0.2, -0.15) is 0 Å². The maximum atomic E-state index is 12.0. The third-order valence-electron chi connectivity index (χ3n) is 2.95. The van der Waals surface area contributed by atoms with Gasteiger partial charge in [0.2, 0.25) is 5.91 Å². The lowest BCUT2D eigenvalue weighted by Crippen LogP contribution is -2.29. The highest BCUT2D eigenvalue weighted by molar-refractivity contribution is 5.93. The van der Waals surface area contributed by atoms with Crippen molar-refractivity contribution < 1.29 is 4.79 Å². The molecule has 0 radical (unpaired) electrons. The summed E-state index contributed by atoms with van der Waals surface area (Å²) in [6.07, 6.45) is 2.73. The molecule has 0 fully saturated rings. The van der Waals surface area contributed by atoms with Crippen molar-refractivity contribution in [3.63, 3.8) is 0 Å². The molecule has 0 heterocycles. The normalized spacial score (nSPS) is 12.2. The third kappa shape index (κ3) is 3.86. The van der Waals surface area contributed by atoms with Gasteiger partial charge in [-0.1, -0.05) is 38.5 Å². The molecule has 3 N–H and O–H groups in total. The standard InChI is InChI=1S/C14H22N2O/c1-3-7-12(10-15)14(17)16-13-9-6-5-8-11(13)4-2/h5-6,8-9,12H,3-4,7,10,15H2,1-2H3,(H,16,17). The fourth-order valence-corrected chi connectivity index (χ4v) is 1.89. The molecule has 3 heteroatoms. The summed E-state index contributed by atoms with van der Waals surface area (Å²) in [6.45, 7) is 4.56. The van der Waals surface area contributed by atoms with Gasteiger partial charge in [-0.25, -0.2) is 0 Å². The van der Waals surface area contributed by atoms with Crippen LogP contribution in [0.5, 0.6) is 0 Å². The van der Waals surface area contributed by atoms with Crippen LogP contribution in [0.1, 0.15) is 32.3 Å². The van der Waals surface area contributed by atoms with Crippen LogP contribution in [0.2, 0.25) is 0 Å². The molecule has 1 rings (SSSR count). The van der Waals surface area contributed by atoms with E-state index in [0.717, 1.165) is 30.5 Å². The van der Waals surface area contributed by atoms with Gasteiger partial charge in [-0.15, -0.1) is 0 Å². The van der Waals surface area contributed by atoms with E-state index in [-0.39, 0.29) is 11.8 Å². The zero-order chi connectivity index (χ0) is 12.7. The van der Waals surface area contributed by atoms with Gasteiger partial charge in [0.05, 0.1) is 5.92 Å². The highest BCUT2D eigenvalue weighted by Crippen LogP contribution is 2.17. The predicted octanol–water partition coefficient (Wildman–Crippen LogP) is 2.56. The minimum atomic E-state index is -0.0788. The average Bonchev–Trinajstić information content (AvgIpc) is 2.36. The average molecular weight is 234 g/mol. The van der Waals surface area contributed by atoms with Crippen LogP contribution in [-0.4, -0.2) is 12.5 Å². The minimum absolute atomic E-state index is 0.0373. The van der Waals surface area contributed by atoms with Crippen LogP contribution in [0, 0.1) is 5.92 Å². The molecule has 0 aliphatic heterocycles. The van der Waals surface area contributed by atoms with Crippen LogP contribution < -0.4 is 11.1 Å². The summed E-state index contributed by atoms with van der Waals surface area (Å²) in [5.74, 6) is -0.0415. The van der Waals surface area contributed by atoms with E-state index >= 15 is 0 Å². The van der Waals surface area contributed by atoms with Crippen LogP contribution in [0.25, 0.3) is 0 Å². The van der Waals surface area contributed by atoms with E-state index in [0.29, 0.717) is 6.54 Å². The minimum Gasteiger partial charge on any atom is -0.330 e. The Balaban J connectivity index is 2.72. The molecule has 17 heavy (non-hydrogen) atoms. The molecule has 0 bridgehead atoms. The monoisotopic (exact) mass is 234 g/mol. The molecule has 94 valence electrons. The molecule has 0 aromatic heterocycles. The lowest BCUT2D eigenvalue weighted by Gasteiger charge is -2.15. The first kappa shape index (κ1) is 13.7. The van der Waals surface area contributed by atoms with Gasteiger partial charge in [-0.3, -0.25) is 4.79 Å². The van der Waals surface area contributed by atoms with Gasteiger partial charge >= 0.3 is 0 Å². The second-order valence-electron chi connectivity index (χ2n) is 4.22. The fraction of sp³-hybridized carbons (Fsp3) is 0.500. The topological polar surface area (TPSA) is 55.1 Å². The third-order valence-corrected chi connectivity index (χ3v) is 2.95. The van der Waals surface area contributed by atoms with Crippen molar-refractivity contribution in [1.29, 1.82) is 0 Å². The number of anilines is 1. The van der Waals surface area contributed by atoms with Gasteiger partial charge in [0.1, 0.15) is 0 Å². The highest BCUT2D eigenvalue weighted by Gasteiger charge is 2.16. The first-order chi connectivity index (χ1) is 8.22. The Morgan fingerprint density at radius 1 is 1.35 bits per heavy atom. The summed E-state index contributed by atoms with van der Waals surface area (Å²) in [5.41, 5.74) is 7.70. The molecule has 1 atom stereocenters. The number of hydrogen-bond acceptors (Lipinski definition) is 2. The van der Waals surface area contributed by atoms with Crippen molar-refractivity contribution in [2.24, 2.45) is 11.7 Å². The van der Waals surface area contributed by atoms with E-state index in [9.17, 15) is 4.79 Å². The van der Waals surface area contributed by atoms with Crippen LogP contribution >= 0.6 is 0 Å². The summed E-state index contributed by atoms with van der Waals surface area (Å²) >= 11 is 0. The fourth-order valence-electron chi connectivity index (χ4n) is 1.89. The highest BCUT2D eigenvalue weighted by atomic mass is 16.1. The Kier molecular flexibility index (Phi) is 5.70. The quantitative estimate of drug-likeness (QED) is 0.794. The molecule has 0 aliphatic rings. The molecule has 3 nitrogen and oxygen atoms in total. The summed E-state index contributed by atoms with van der Waals surface area (Å²) in [5, 5.41) is 2.98. The smallest absolute Gasteiger partial charge is 0.228 e. The van der Waals surface area contributed by atoms with Crippen LogP contribution in [0.4, 0.5) is 5.69 Å². The van der Waals surface area contributed by atoms with Crippen LogP contribution in [0.15, 0.2) is 24.3 Å². The van der Waals surface area contributed by atoms with Crippen LogP contribution in [-0.2, 0) is 11.2 Å². The van der Waals surface area contributed by atoms with Gasteiger partial charge in [0.15, 0.2) is 0 Å². The first-order valence-corrected chi connectivity index (χ1v) is 6.31. The largest absolute Gasteiger partial charge is 0.330 e. The number of carbonyl (C=O) groups excluding carboxylic acids is 1. The van der Waals surface area contributed by atoms with Crippen molar-refractivity contribution in [2.75, 3.05) is 11.9 Å². The zero-order valence-electron chi connectivity index (χ0n) is 10.7.